The van der Waals surface area contributed by atoms with Crippen molar-refractivity contribution in [3.05, 3.63) is 167 Å². The van der Waals surface area contributed by atoms with E-state index in [0.29, 0.717) is 0 Å². The molecule has 5 aromatic rings. The van der Waals surface area contributed by atoms with Gasteiger partial charge in [0.25, 0.3) is 0 Å². The summed E-state index contributed by atoms with van der Waals surface area (Å²) in [5.41, 5.74) is 11.2. The summed E-state index contributed by atoms with van der Waals surface area (Å²) in [6, 6.07) is 45.8. The zero-order valence-corrected chi connectivity index (χ0v) is 29.6. The molecule has 1 aliphatic carbocycles. The number of fused-ring (bicyclic) bond motifs is 3. The van der Waals surface area contributed by atoms with Crippen molar-refractivity contribution in [1.29, 1.82) is 0 Å². The van der Waals surface area contributed by atoms with E-state index in [1.165, 1.54) is 44.5 Å². The Balaban J connectivity index is 0.000000360. The third kappa shape index (κ3) is 10.7. The summed E-state index contributed by atoms with van der Waals surface area (Å²) in [4.78, 5) is 0. The molecule has 0 nitrogen and oxygen atoms in total. The van der Waals surface area contributed by atoms with Crippen molar-refractivity contribution in [3.8, 4) is 11.1 Å². The maximum Gasteiger partial charge on any atom is 2.00 e. The van der Waals surface area contributed by atoms with Crippen LogP contribution in [0.2, 0.25) is 0 Å². The van der Waals surface area contributed by atoms with Crippen LogP contribution in [0.15, 0.2) is 121 Å². The third-order valence-corrected chi connectivity index (χ3v) is 6.95. The number of hydrogen-bond acceptors (Lipinski definition) is 0. The molecular weight excluding hydrogens is 631 g/mol. The predicted octanol–water partition coefficient (Wildman–Crippen LogP) is 4.35. The summed E-state index contributed by atoms with van der Waals surface area (Å²) < 4.78 is 0. The number of hydrogen-bond donors (Lipinski definition) is 0. The van der Waals surface area contributed by atoms with Gasteiger partial charge in [-0.05, 0) is 28.4 Å². The van der Waals surface area contributed by atoms with Gasteiger partial charge in [-0.1, -0.05) is 102 Å². The van der Waals surface area contributed by atoms with Crippen molar-refractivity contribution in [2.24, 2.45) is 0 Å². The van der Waals surface area contributed by atoms with E-state index in [2.05, 4.69) is 133 Å². The molecule has 0 spiro atoms. The Hall–Kier alpha value is -2.44. The van der Waals surface area contributed by atoms with Crippen molar-refractivity contribution < 1.29 is 51.0 Å². The van der Waals surface area contributed by atoms with Gasteiger partial charge in [0, 0.05) is 0 Å². The molecule has 1 aliphatic rings. The van der Waals surface area contributed by atoms with Crippen molar-refractivity contribution >= 4 is 0 Å². The molecule has 3 heteroatoms. The molecule has 0 saturated carbocycles. The minimum atomic E-state index is 0. The summed E-state index contributed by atoms with van der Waals surface area (Å²) in [5, 5.41) is 0. The van der Waals surface area contributed by atoms with Gasteiger partial charge in [0.1, 0.15) is 0 Å². The zero-order valence-electron chi connectivity index (χ0n) is 25.6. The molecule has 6 rings (SSSR count). The van der Waals surface area contributed by atoms with E-state index in [1.54, 1.807) is 0 Å². The van der Waals surface area contributed by atoms with Crippen LogP contribution in [0.4, 0.5) is 0 Å². The summed E-state index contributed by atoms with van der Waals surface area (Å²) in [7, 11) is 0. The van der Waals surface area contributed by atoms with E-state index >= 15 is 0 Å². The number of benzene rings is 4. The first-order chi connectivity index (χ1) is 18.6. The number of halogens is 2. The Labute approximate surface area is 286 Å². The molecule has 0 N–H and O–H groups in total. The first-order valence-electron chi connectivity index (χ1n) is 13.9. The largest absolute Gasteiger partial charge is 2.00 e. The Morgan fingerprint density at radius 2 is 1.14 bits per heavy atom. The molecule has 218 valence electrons. The maximum absolute atomic E-state index is 3.67. The molecule has 0 heterocycles. The Kier molecular flexibility index (Phi) is 15.2. The first-order valence-corrected chi connectivity index (χ1v) is 13.9. The average Bonchev–Trinajstić information content (AvgIpc) is 3.60. The van der Waals surface area contributed by atoms with E-state index in [1.807, 2.05) is 42.5 Å². The van der Waals surface area contributed by atoms with Crippen LogP contribution in [0.1, 0.15) is 74.9 Å². The van der Waals surface area contributed by atoms with E-state index in [0.717, 1.165) is 6.42 Å². The minimum Gasteiger partial charge on any atom is -1.00 e. The Morgan fingerprint density at radius 1 is 0.619 bits per heavy atom. The van der Waals surface area contributed by atoms with Gasteiger partial charge >= 0.3 is 26.2 Å². The van der Waals surface area contributed by atoms with Crippen molar-refractivity contribution in [2.45, 2.75) is 58.8 Å². The van der Waals surface area contributed by atoms with E-state index in [-0.39, 0.29) is 61.8 Å². The van der Waals surface area contributed by atoms with Crippen LogP contribution in [-0.2, 0) is 43.5 Å². The molecule has 0 atom stereocenters. The van der Waals surface area contributed by atoms with Crippen molar-refractivity contribution in [1.82, 2.24) is 0 Å². The second-order valence-corrected chi connectivity index (χ2v) is 12.2. The molecule has 5 aromatic carbocycles. The fourth-order valence-corrected chi connectivity index (χ4v) is 4.64. The van der Waals surface area contributed by atoms with Crippen LogP contribution in [0.25, 0.3) is 11.1 Å². The molecular formula is C39H41Cl2Zr-3. The van der Waals surface area contributed by atoms with Gasteiger partial charge in [-0.3, -0.25) is 0 Å². The normalized spacial score (nSPS) is 10.9. The van der Waals surface area contributed by atoms with Gasteiger partial charge in [-0.15, -0.1) is 52.9 Å². The first kappa shape index (κ1) is 37.6. The Bertz CT molecular complexity index is 1330. The SMILES string of the molecule is CC(C)(C)c1[c-]c2c(cc1)-c1ccc(C(C)(C)C)cc1C2.[Cl-].[Cl-].[Zr+2].c1cc[cH-]c1.c1ccc([CH-]c2ccccc2)cc1. The van der Waals surface area contributed by atoms with Crippen molar-refractivity contribution in [3.63, 3.8) is 0 Å². The van der Waals surface area contributed by atoms with Crippen LogP contribution in [-0.4, -0.2) is 0 Å². The van der Waals surface area contributed by atoms with E-state index in [4.69, 9.17) is 0 Å². The van der Waals surface area contributed by atoms with Crippen molar-refractivity contribution in [2.75, 3.05) is 0 Å². The summed E-state index contributed by atoms with van der Waals surface area (Å²) >= 11 is 0. The van der Waals surface area contributed by atoms with Gasteiger partial charge in [0.15, 0.2) is 0 Å². The third-order valence-electron chi connectivity index (χ3n) is 6.95. The summed E-state index contributed by atoms with van der Waals surface area (Å²) in [6.45, 7) is 13.6. The molecule has 0 radical (unpaired) electrons. The fraction of sp³-hybridized carbons (Fsp3) is 0.231. The van der Waals surface area contributed by atoms with Gasteiger partial charge in [-0.2, -0.15) is 42.0 Å². The molecule has 0 fully saturated rings. The van der Waals surface area contributed by atoms with Gasteiger partial charge in [-0.25, -0.2) is 12.1 Å². The molecule has 0 aliphatic heterocycles. The Morgan fingerprint density at radius 3 is 1.60 bits per heavy atom. The van der Waals surface area contributed by atoms with Crippen LogP contribution >= 0.6 is 0 Å². The molecule has 0 bridgehead atoms. The van der Waals surface area contributed by atoms with Crippen LogP contribution < -0.4 is 24.8 Å². The molecule has 0 amide bonds. The van der Waals surface area contributed by atoms with Crippen LogP contribution in [0.5, 0.6) is 0 Å². The summed E-state index contributed by atoms with van der Waals surface area (Å²) in [5.74, 6) is 0. The van der Waals surface area contributed by atoms with E-state index < -0.39 is 0 Å². The minimum absolute atomic E-state index is 0. The molecule has 42 heavy (non-hydrogen) atoms. The average molecular weight is 672 g/mol. The fourth-order valence-electron chi connectivity index (χ4n) is 4.64. The number of rotatable bonds is 2. The maximum atomic E-state index is 3.67. The quantitative estimate of drug-likeness (QED) is 0.241. The smallest absolute Gasteiger partial charge is 1.00 e. The topological polar surface area (TPSA) is 0 Å². The zero-order chi connectivity index (χ0) is 27.9. The van der Waals surface area contributed by atoms with Gasteiger partial charge in [0.05, 0.1) is 0 Å². The van der Waals surface area contributed by atoms with Gasteiger partial charge in [0.2, 0.25) is 0 Å². The second kappa shape index (κ2) is 17.0. The standard InChI is InChI=1S/C21H25.C13H11.C5H5.2ClH.Zr/c1-20(2,3)16-7-9-18-14(12-16)11-15-13-17(21(4,5)6)8-10-19(15)18;1-3-7-12(8-4-1)11-13-9-5-2-6-10-13;1-2-4-5-3-1;;;/h7-10,12H,11H2,1-6H3;1-11H;1-5H;2*1H;/q3*-1;;;+2/p-2. The molecule has 0 unspecified atom stereocenters. The second-order valence-electron chi connectivity index (χ2n) is 12.2. The molecule has 0 saturated heterocycles. The summed E-state index contributed by atoms with van der Waals surface area (Å²) in [6.07, 6.45) is 3.19. The molecule has 0 aromatic heterocycles. The van der Waals surface area contributed by atoms with Gasteiger partial charge < -0.3 is 24.8 Å². The predicted molar refractivity (Wildman–Crippen MR) is 168 cm³/mol. The monoisotopic (exact) mass is 669 g/mol. The van der Waals surface area contributed by atoms with Crippen LogP contribution in [0.3, 0.4) is 0 Å². The van der Waals surface area contributed by atoms with Crippen LogP contribution in [0, 0.1) is 12.5 Å². The van der Waals surface area contributed by atoms with E-state index in [9.17, 15) is 0 Å².